The zero-order valence-corrected chi connectivity index (χ0v) is 13.9. The normalized spacial score (nSPS) is 12.6. The van der Waals surface area contributed by atoms with Crippen LogP contribution in [-0.4, -0.2) is 13.1 Å². The van der Waals surface area contributed by atoms with E-state index in [4.69, 9.17) is 23.2 Å². The molecular weight excluding hydrogens is 309 g/mol. The van der Waals surface area contributed by atoms with E-state index in [0.29, 0.717) is 5.92 Å². The van der Waals surface area contributed by atoms with E-state index in [1.807, 2.05) is 18.2 Å². The molecule has 0 bridgehead atoms. The van der Waals surface area contributed by atoms with Gasteiger partial charge in [-0.1, -0.05) is 48.3 Å². The van der Waals surface area contributed by atoms with Gasteiger partial charge in [0.05, 0.1) is 4.34 Å². The van der Waals surface area contributed by atoms with Gasteiger partial charge in [0.25, 0.3) is 0 Å². The summed E-state index contributed by atoms with van der Waals surface area (Å²) in [4.78, 5) is 1.30. The first-order valence-electron chi connectivity index (χ1n) is 6.90. The predicted octanol–water partition coefficient (Wildman–Crippen LogP) is 5.38. The minimum atomic E-state index is 0.380. The SMILES string of the molecule is CCCNCC(Cc1ccc(Cl)s1)c1ccccc1Cl. The highest BCUT2D eigenvalue weighted by Crippen LogP contribution is 2.30. The number of thiophene rings is 1. The molecule has 1 aromatic carbocycles. The summed E-state index contributed by atoms with van der Waals surface area (Å²) in [5.74, 6) is 0.380. The van der Waals surface area contributed by atoms with Crippen molar-refractivity contribution in [3.05, 3.63) is 56.2 Å². The molecule has 0 aliphatic carbocycles. The van der Waals surface area contributed by atoms with Crippen LogP contribution in [0.4, 0.5) is 0 Å². The van der Waals surface area contributed by atoms with Gasteiger partial charge in [0.15, 0.2) is 0 Å². The first-order chi connectivity index (χ1) is 9.70. The zero-order chi connectivity index (χ0) is 14.4. The molecule has 0 fully saturated rings. The molecular formula is C16H19Cl2NS. The van der Waals surface area contributed by atoms with Crippen molar-refractivity contribution >= 4 is 34.5 Å². The molecule has 108 valence electrons. The summed E-state index contributed by atoms with van der Waals surface area (Å²) in [6.45, 7) is 4.15. The lowest BCUT2D eigenvalue weighted by molar-refractivity contribution is 0.579. The highest BCUT2D eigenvalue weighted by Gasteiger charge is 2.16. The van der Waals surface area contributed by atoms with Crippen molar-refractivity contribution in [3.63, 3.8) is 0 Å². The molecule has 1 nitrogen and oxygen atoms in total. The lowest BCUT2D eigenvalue weighted by atomic mass is 9.94. The quantitative estimate of drug-likeness (QED) is 0.673. The molecule has 0 spiro atoms. The summed E-state index contributed by atoms with van der Waals surface area (Å²) < 4.78 is 0.847. The molecule has 1 heterocycles. The highest BCUT2D eigenvalue weighted by molar-refractivity contribution is 7.16. The van der Waals surface area contributed by atoms with Crippen molar-refractivity contribution in [1.29, 1.82) is 0 Å². The van der Waals surface area contributed by atoms with E-state index in [2.05, 4.69) is 30.4 Å². The van der Waals surface area contributed by atoms with Crippen LogP contribution in [0.2, 0.25) is 9.36 Å². The van der Waals surface area contributed by atoms with Crippen molar-refractivity contribution < 1.29 is 0 Å². The first-order valence-corrected chi connectivity index (χ1v) is 8.47. The lowest BCUT2D eigenvalue weighted by Crippen LogP contribution is -2.23. The number of hydrogen-bond donors (Lipinski definition) is 1. The van der Waals surface area contributed by atoms with Crippen LogP contribution < -0.4 is 5.32 Å². The van der Waals surface area contributed by atoms with E-state index in [1.165, 1.54) is 10.4 Å². The van der Waals surface area contributed by atoms with Crippen LogP contribution in [0.25, 0.3) is 0 Å². The Morgan fingerprint density at radius 1 is 1.15 bits per heavy atom. The Balaban J connectivity index is 2.13. The van der Waals surface area contributed by atoms with Crippen LogP contribution in [-0.2, 0) is 6.42 Å². The summed E-state index contributed by atoms with van der Waals surface area (Å²) in [6.07, 6.45) is 2.11. The summed E-state index contributed by atoms with van der Waals surface area (Å²) in [5.41, 5.74) is 1.21. The van der Waals surface area contributed by atoms with Gasteiger partial charge in [-0.15, -0.1) is 11.3 Å². The van der Waals surface area contributed by atoms with Gasteiger partial charge >= 0.3 is 0 Å². The van der Waals surface area contributed by atoms with Crippen LogP contribution in [0.1, 0.15) is 29.7 Å². The second-order valence-corrected chi connectivity index (χ2v) is 7.04. The van der Waals surface area contributed by atoms with Crippen molar-refractivity contribution in [2.24, 2.45) is 0 Å². The van der Waals surface area contributed by atoms with Crippen molar-refractivity contribution in [2.75, 3.05) is 13.1 Å². The fraction of sp³-hybridized carbons (Fsp3) is 0.375. The molecule has 0 aliphatic rings. The van der Waals surface area contributed by atoms with Gasteiger partial charge in [0.2, 0.25) is 0 Å². The van der Waals surface area contributed by atoms with Crippen LogP contribution in [0, 0.1) is 0 Å². The number of rotatable bonds is 7. The standard InChI is InChI=1S/C16H19Cl2NS/c1-2-9-19-11-12(10-13-7-8-16(18)20-13)14-5-3-4-6-15(14)17/h3-8,12,19H,2,9-11H2,1H3. The van der Waals surface area contributed by atoms with E-state index in [1.54, 1.807) is 11.3 Å². The number of benzene rings is 1. The van der Waals surface area contributed by atoms with Crippen LogP contribution >= 0.6 is 34.5 Å². The zero-order valence-electron chi connectivity index (χ0n) is 11.5. The Hall–Kier alpha value is -0.540. The molecule has 1 N–H and O–H groups in total. The topological polar surface area (TPSA) is 12.0 Å². The molecule has 1 unspecified atom stereocenters. The van der Waals surface area contributed by atoms with Gasteiger partial charge in [-0.2, -0.15) is 0 Å². The minimum Gasteiger partial charge on any atom is -0.316 e. The Morgan fingerprint density at radius 2 is 1.95 bits per heavy atom. The predicted molar refractivity (Wildman–Crippen MR) is 90.4 cm³/mol. The fourth-order valence-corrected chi connectivity index (χ4v) is 3.71. The number of halogens is 2. The van der Waals surface area contributed by atoms with Crippen molar-refractivity contribution in [3.8, 4) is 0 Å². The smallest absolute Gasteiger partial charge is 0.0931 e. The third kappa shape index (κ3) is 4.49. The highest BCUT2D eigenvalue weighted by atomic mass is 35.5. The van der Waals surface area contributed by atoms with Crippen molar-refractivity contribution in [1.82, 2.24) is 5.32 Å². The van der Waals surface area contributed by atoms with Crippen LogP contribution in [0.3, 0.4) is 0 Å². The molecule has 1 atom stereocenters. The van der Waals surface area contributed by atoms with Crippen LogP contribution in [0.15, 0.2) is 36.4 Å². The largest absolute Gasteiger partial charge is 0.316 e. The van der Waals surface area contributed by atoms with Gasteiger partial charge in [-0.25, -0.2) is 0 Å². The Labute approximate surface area is 134 Å². The number of hydrogen-bond acceptors (Lipinski definition) is 2. The molecule has 0 saturated heterocycles. The van der Waals surface area contributed by atoms with Gasteiger partial charge in [0, 0.05) is 22.4 Å². The Morgan fingerprint density at radius 3 is 2.60 bits per heavy atom. The van der Waals surface area contributed by atoms with E-state index in [0.717, 1.165) is 35.3 Å². The summed E-state index contributed by atoms with van der Waals surface area (Å²) >= 11 is 14.0. The van der Waals surface area contributed by atoms with E-state index in [9.17, 15) is 0 Å². The second kappa shape index (κ2) is 8.04. The minimum absolute atomic E-state index is 0.380. The monoisotopic (exact) mass is 327 g/mol. The summed E-state index contributed by atoms with van der Waals surface area (Å²) in [7, 11) is 0. The maximum Gasteiger partial charge on any atom is 0.0931 e. The third-order valence-corrected chi connectivity index (χ3v) is 4.84. The van der Waals surface area contributed by atoms with Crippen LogP contribution in [0.5, 0.6) is 0 Å². The summed E-state index contributed by atoms with van der Waals surface area (Å²) in [6, 6.07) is 12.2. The molecule has 0 amide bonds. The first kappa shape index (κ1) is 15.8. The maximum absolute atomic E-state index is 6.35. The van der Waals surface area contributed by atoms with E-state index < -0.39 is 0 Å². The van der Waals surface area contributed by atoms with Gasteiger partial charge in [0.1, 0.15) is 0 Å². The van der Waals surface area contributed by atoms with E-state index >= 15 is 0 Å². The lowest BCUT2D eigenvalue weighted by Gasteiger charge is -2.18. The molecule has 0 saturated carbocycles. The maximum atomic E-state index is 6.35. The van der Waals surface area contributed by atoms with Gasteiger partial charge in [-0.05, 0) is 43.1 Å². The molecule has 1 aromatic heterocycles. The molecule has 0 radical (unpaired) electrons. The third-order valence-electron chi connectivity index (χ3n) is 3.24. The average Bonchev–Trinajstić information content (AvgIpc) is 2.84. The molecule has 0 aliphatic heterocycles. The van der Waals surface area contributed by atoms with E-state index in [-0.39, 0.29) is 0 Å². The molecule has 2 aromatic rings. The second-order valence-electron chi connectivity index (χ2n) is 4.83. The molecule has 4 heteroatoms. The van der Waals surface area contributed by atoms with Gasteiger partial charge < -0.3 is 5.32 Å². The fourth-order valence-electron chi connectivity index (χ4n) is 2.26. The summed E-state index contributed by atoms with van der Waals surface area (Å²) in [5, 5.41) is 4.35. The molecule has 20 heavy (non-hydrogen) atoms. The van der Waals surface area contributed by atoms with Crippen molar-refractivity contribution in [2.45, 2.75) is 25.7 Å². The Bertz CT molecular complexity index is 539. The number of nitrogens with one attached hydrogen (secondary N) is 1. The van der Waals surface area contributed by atoms with Gasteiger partial charge in [-0.3, -0.25) is 0 Å². The Kier molecular flexibility index (Phi) is 6.37. The molecule has 2 rings (SSSR count). The average molecular weight is 328 g/mol.